The predicted molar refractivity (Wildman–Crippen MR) is 70.1 cm³/mol. The Morgan fingerprint density at radius 1 is 1.29 bits per heavy atom. The molecule has 0 spiro atoms. The smallest absolute Gasteiger partial charge is 0.282 e. The molecule has 6 heteroatoms. The summed E-state index contributed by atoms with van der Waals surface area (Å²) in [7, 11) is -3.25. The van der Waals surface area contributed by atoms with Gasteiger partial charge in [0.2, 0.25) is 0 Å². The van der Waals surface area contributed by atoms with E-state index in [1.54, 1.807) is 8.61 Å². The van der Waals surface area contributed by atoms with Gasteiger partial charge in [-0.3, -0.25) is 0 Å². The second kappa shape index (κ2) is 6.68. The van der Waals surface area contributed by atoms with E-state index in [4.69, 9.17) is 0 Å². The van der Waals surface area contributed by atoms with E-state index in [9.17, 15) is 8.42 Å². The Morgan fingerprint density at radius 2 is 1.88 bits per heavy atom. The van der Waals surface area contributed by atoms with Crippen molar-refractivity contribution in [2.75, 3.05) is 32.7 Å². The SMILES string of the molecule is CCCN(CCC)S(=O)(=O)N1CCNC(C)C1. The monoisotopic (exact) mass is 263 g/mol. The first-order chi connectivity index (χ1) is 8.02. The van der Waals surface area contributed by atoms with E-state index in [0.717, 1.165) is 19.4 Å². The van der Waals surface area contributed by atoms with Gasteiger partial charge < -0.3 is 5.32 Å². The lowest BCUT2D eigenvalue weighted by atomic mass is 10.3. The highest BCUT2D eigenvalue weighted by Crippen LogP contribution is 2.12. The average Bonchev–Trinajstić information content (AvgIpc) is 2.29. The lowest BCUT2D eigenvalue weighted by molar-refractivity contribution is 0.279. The minimum atomic E-state index is -3.25. The van der Waals surface area contributed by atoms with Crippen LogP contribution in [0.5, 0.6) is 0 Å². The van der Waals surface area contributed by atoms with Gasteiger partial charge >= 0.3 is 0 Å². The molecule has 0 radical (unpaired) electrons. The number of piperazine rings is 1. The predicted octanol–water partition coefficient (Wildman–Crippen LogP) is 0.647. The Bertz CT molecular complexity index is 302. The molecule has 17 heavy (non-hydrogen) atoms. The average molecular weight is 263 g/mol. The fraction of sp³-hybridized carbons (Fsp3) is 1.00. The largest absolute Gasteiger partial charge is 0.312 e. The van der Waals surface area contributed by atoms with Crippen molar-refractivity contribution < 1.29 is 8.42 Å². The molecule has 5 nitrogen and oxygen atoms in total. The lowest BCUT2D eigenvalue weighted by Crippen LogP contribution is -2.55. The molecule has 1 aliphatic heterocycles. The number of nitrogens with zero attached hydrogens (tertiary/aromatic N) is 2. The first-order valence-corrected chi connectivity index (χ1v) is 7.90. The van der Waals surface area contributed by atoms with Gasteiger partial charge in [0, 0.05) is 38.8 Å². The molecule has 0 amide bonds. The minimum Gasteiger partial charge on any atom is -0.312 e. The maximum atomic E-state index is 12.4. The quantitative estimate of drug-likeness (QED) is 0.765. The third-order valence-electron chi connectivity index (χ3n) is 2.93. The van der Waals surface area contributed by atoms with E-state index in [1.807, 2.05) is 20.8 Å². The van der Waals surface area contributed by atoms with Gasteiger partial charge in [-0.2, -0.15) is 17.0 Å². The van der Waals surface area contributed by atoms with Crippen molar-refractivity contribution in [1.29, 1.82) is 0 Å². The molecule has 102 valence electrons. The zero-order valence-electron chi connectivity index (χ0n) is 11.1. The van der Waals surface area contributed by atoms with Crippen molar-refractivity contribution in [3.05, 3.63) is 0 Å². The topological polar surface area (TPSA) is 52.7 Å². The molecule has 0 aliphatic carbocycles. The standard InChI is InChI=1S/C11H25N3O2S/c1-4-7-13(8-5-2)17(15,16)14-9-6-12-11(3)10-14/h11-12H,4-10H2,1-3H3. The van der Waals surface area contributed by atoms with Crippen molar-refractivity contribution in [3.63, 3.8) is 0 Å². The van der Waals surface area contributed by atoms with Crippen LogP contribution in [-0.4, -0.2) is 55.8 Å². The number of nitrogens with one attached hydrogen (secondary N) is 1. The molecular formula is C11H25N3O2S. The number of hydrogen-bond acceptors (Lipinski definition) is 3. The zero-order chi connectivity index (χ0) is 12.9. The molecule has 1 fully saturated rings. The lowest BCUT2D eigenvalue weighted by Gasteiger charge is -2.34. The second-order valence-corrected chi connectivity index (χ2v) is 6.55. The maximum Gasteiger partial charge on any atom is 0.282 e. The first-order valence-electron chi connectivity index (χ1n) is 6.51. The van der Waals surface area contributed by atoms with Gasteiger partial charge in [0.15, 0.2) is 0 Å². The summed E-state index contributed by atoms with van der Waals surface area (Å²) < 4.78 is 28.1. The molecule has 1 N–H and O–H groups in total. The number of hydrogen-bond donors (Lipinski definition) is 1. The maximum absolute atomic E-state index is 12.4. The second-order valence-electron chi connectivity index (χ2n) is 4.62. The summed E-state index contributed by atoms with van der Waals surface area (Å²) in [4.78, 5) is 0. The molecule has 1 unspecified atom stereocenters. The van der Waals surface area contributed by atoms with Crippen LogP contribution in [0.25, 0.3) is 0 Å². The Labute approximate surface area is 105 Å². The van der Waals surface area contributed by atoms with Crippen LogP contribution in [0.15, 0.2) is 0 Å². The van der Waals surface area contributed by atoms with E-state index in [2.05, 4.69) is 5.32 Å². The van der Waals surface area contributed by atoms with Crippen LogP contribution < -0.4 is 5.32 Å². The summed E-state index contributed by atoms with van der Waals surface area (Å²) in [6.45, 7) is 9.18. The molecule has 0 bridgehead atoms. The van der Waals surface area contributed by atoms with E-state index in [-0.39, 0.29) is 6.04 Å². The van der Waals surface area contributed by atoms with E-state index < -0.39 is 10.2 Å². The van der Waals surface area contributed by atoms with Gasteiger partial charge in [-0.1, -0.05) is 13.8 Å². The Morgan fingerprint density at radius 3 is 2.35 bits per heavy atom. The molecule has 0 saturated carbocycles. The van der Waals surface area contributed by atoms with Gasteiger partial charge in [-0.05, 0) is 19.8 Å². The molecule has 0 aromatic carbocycles. The van der Waals surface area contributed by atoms with Crippen LogP contribution in [0.4, 0.5) is 0 Å². The Balaban J connectivity index is 2.75. The fourth-order valence-electron chi connectivity index (χ4n) is 2.11. The summed E-state index contributed by atoms with van der Waals surface area (Å²) in [6, 6.07) is 0.239. The summed E-state index contributed by atoms with van der Waals surface area (Å²) >= 11 is 0. The summed E-state index contributed by atoms with van der Waals surface area (Å²) in [5.74, 6) is 0. The van der Waals surface area contributed by atoms with Crippen LogP contribution in [0.1, 0.15) is 33.6 Å². The zero-order valence-corrected chi connectivity index (χ0v) is 12.0. The van der Waals surface area contributed by atoms with Crippen molar-refractivity contribution in [2.45, 2.75) is 39.7 Å². The normalized spacial score (nSPS) is 23.2. The third-order valence-corrected chi connectivity index (χ3v) is 4.93. The van der Waals surface area contributed by atoms with Crippen LogP contribution >= 0.6 is 0 Å². The third kappa shape index (κ3) is 3.91. The van der Waals surface area contributed by atoms with E-state index >= 15 is 0 Å². The summed E-state index contributed by atoms with van der Waals surface area (Å²) in [6.07, 6.45) is 1.72. The molecule has 1 saturated heterocycles. The Hall–Kier alpha value is -0.170. The van der Waals surface area contributed by atoms with E-state index in [0.29, 0.717) is 26.2 Å². The van der Waals surface area contributed by atoms with Crippen LogP contribution in [0.2, 0.25) is 0 Å². The highest BCUT2D eigenvalue weighted by Gasteiger charge is 2.31. The molecule has 1 atom stereocenters. The molecule has 1 heterocycles. The van der Waals surface area contributed by atoms with Crippen LogP contribution in [0.3, 0.4) is 0 Å². The molecule has 0 aromatic rings. The van der Waals surface area contributed by atoms with Gasteiger partial charge in [0.05, 0.1) is 0 Å². The molecular weight excluding hydrogens is 238 g/mol. The highest BCUT2D eigenvalue weighted by atomic mass is 32.2. The van der Waals surface area contributed by atoms with Gasteiger partial charge in [-0.25, -0.2) is 0 Å². The summed E-state index contributed by atoms with van der Waals surface area (Å²) in [5, 5.41) is 3.26. The van der Waals surface area contributed by atoms with Crippen LogP contribution in [-0.2, 0) is 10.2 Å². The molecule has 1 aliphatic rings. The fourth-order valence-corrected chi connectivity index (χ4v) is 4.00. The van der Waals surface area contributed by atoms with Gasteiger partial charge in [0.25, 0.3) is 10.2 Å². The summed E-state index contributed by atoms with van der Waals surface area (Å²) in [5.41, 5.74) is 0. The van der Waals surface area contributed by atoms with E-state index in [1.165, 1.54) is 0 Å². The van der Waals surface area contributed by atoms with Crippen molar-refractivity contribution >= 4 is 10.2 Å². The van der Waals surface area contributed by atoms with Crippen molar-refractivity contribution in [1.82, 2.24) is 13.9 Å². The highest BCUT2D eigenvalue weighted by molar-refractivity contribution is 7.86. The van der Waals surface area contributed by atoms with Crippen molar-refractivity contribution in [3.8, 4) is 0 Å². The first kappa shape index (κ1) is 14.9. The molecule has 1 rings (SSSR count). The van der Waals surface area contributed by atoms with Crippen LogP contribution in [0, 0.1) is 0 Å². The van der Waals surface area contributed by atoms with Gasteiger partial charge in [-0.15, -0.1) is 0 Å². The van der Waals surface area contributed by atoms with Gasteiger partial charge in [0.1, 0.15) is 0 Å². The Kier molecular flexibility index (Phi) is 5.85. The molecule has 0 aromatic heterocycles. The number of rotatable bonds is 6. The minimum absolute atomic E-state index is 0.239. The van der Waals surface area contributed by atoms with Crippen molar-refractivity contribution in [2.24, 2.45) is 0 Å².